The van der Waals surface area contributed by atoms with Crippen LogP contribution in [-0.2, 0) is 16.0 Å². The molecule has 1 aromatic heterocycles. The summed E-state index contributed by atoms with van der Waals surface area (Å²) >= 11 is 5.88. The Labute approximate surface area is 128 Å². The van der Waals surface area contributed by atoms with Crippen molar-refractivity contribution < 1.29 is 14.1 Å². The summed E-state index contributed by atoms with van der Waals surface area (Å²) in [6.45, 7) is 4.07. The Balaban J connectivity index is 2.34. The molecule has 5 nitrogen and oxygen atoms in total. The van der Waals surface area contributed by atoms with E-state index >= 15 is 0 Å². The molecule has 112 valence electrons. The Kier molecular flexibility index (Phi) is 5.33. The maximum Gasteiger partial charge on any atom is 0.323 e. The number of carbonyl (C=O) groups excluding carboxylic acids is 1. The molecule has 0 fully saturated rings. The fraction of sp³-hybridized carbons (Fsp3) is 0.400. The molecule has 0 amide bonds. The summed E-state index contributed by atoms with van der Waals surface area (Å²) in [5.74, 6) is -0.290. The molecule has 2 rings (SSSR count). The van der Waals surface area contributed by atoms with Gasteiger partial charge < -0.3 is 9.26 Å². The second kappa shape index (κ2) is 7.22. The van der Waals surface area contributed by atoms with Crippen LogP contribution in [0.15, 0.2) is 28.8 Å². The van der Waals surface area contributed by atoms with Crippen LogP contribution in [0.2, 0.25) is 5.02 Å². The highest BCUT2D eigenvalue weighted by molar-refractivity contribution is 6.30. The van der Waals surface area contributed by atoms with Gasteiger partial charge in [-0.1, -0.05) is 35.8 Å². The monoisotopic (exact) mass is 308 g/mol. The Morgan fingerprint density at radius 3 is 2.67 bits per heavy atom. The van der Waals surface area contributed by atoms with Crippen LogP contribution in [0.25, 0.3) is 0 Å². The van der Waals surface area contributed by atoms with Gasteiger partial charge in [-0.05, 0) is 31.0 Å². The van der Waals surface area contributed by atoms with Gasteiger partial charge in [-0.3, -0.25) is 4.79 Å². The first-order valence-corrected chi connectivity index (χ1v) is 7.28. The summed E-state index contributed by atoms with van der Waals surface area (Å²) in [5.41, 5.74) is 0.713. The third-order valence-corrected chi connectivity index (χ3v) is 3.18. The van der Waals surface area contributed by atoms with E-state index in [1.165, 1.54) is 0 Å². The fourth-order valence-corrected chi connectivity index (χ4v) is 2.10. The number of hydrogen-bond donors (Lipinski definition) is 0. The van der Waals surface area contributed by atoms with Gasteiger partial charge in [-0.2, -0.15) is 4.98 Å². The lowest BCUT2D eigenvalue weighted by Crippen LogP contribution is -2.17. The number of aromatic nitrogens is 2. The van der Waals surface area contributed by atoms with Crippen LogP contribution in [0.3, 0.4) is 0 Å². The largest absolute Gasteiger partial charge is 0.465 e. The number of ether oxygens (including phenoxy) is 1. The van der Waals surface area contributed by atoms with Crippen molar-refractivity contribution >= 4 is 17.6 Å². The zero-order valence-electron chi connectivity index (χ0n) is 12.0. The van der Waals surface area contributed by atoms with Crippen molar-refractivity contribution in [3.63, 3.8) is 0 Å². The van der Waals surface area contributed by atoms with E-state index in [0.717, 1.165) is 6.42 Å². The second-order valence-corrected chi connectivity index (χ2v) is 4.97. The van der Waals surface area contributed by atoms with Crippen LogP contribution in [0, 0.1) is 0 Å². The van der Waals surface area contributed by atoms with Crippen LogP contribution in [0.4, 0.5) is 0 Å². The van der Waals surface area contributed by atoms with Gasteiger partial charge in [0.15, 0.2) is 11.7 Å². The van der Waals surface area contributed by atoms with Crippen LogP contribution in [0.1, 0.15) is 43.5 Å². The molecule has 1 heterocycles. The molecule has 21 heavy (non-hydrogen) atoms. The summed E-state index contributed by atoms with van der Waals surface area (Å²) in [6, 6.07) is 6.94. The standard InChI is InChI=1S/C15H17ClN2O3/c1-3-5-12-17-14(21-18-12)13(15(19)20-4-2)10-6-8-11(16)9-7-10/h6-9,13H,3-5H2,1-2H3. The molecule has 0 aliphatic rings. The Hall–Kier alpha value is -1.88. The molecule has 0 radical (unpaired) electrons. The normalized spacial score (nSPS) is 12.1. The van der Waals surface area contributed by atoms with E-state index in [2.05, 4.69) is 10.1 Å². The van der Waals surface area contributed by atoms with Gasteiger partial charge in [0.05, 0.1) is 6.61 Å². The predicted molar refractivity (Wildman–Crippen MR) is 78.2 cm³/mol. The number of nitrogens with zero attached hydrogens (tertiary/aromatic N) is 2. The van der Waals surface area contributed by atoms with Gasteiger partial charge in [-0.15, -0.1) is 0 Å². The van der Waals surface area contributed by atoms with Gasteiger partial charge >= 0.3 is 5.97 Å². The van der Waals surface area contributed by atoms with Crippen molar-refractivity contribution in [1.29, 1.82) is 0 Å². The Morgan fingerprint density at radius 1 is 1.33 bits per heavy atom. The average molecular weight is 309 g/mol. The number of carbonyl (C=O) groups is 1. The number of esters is 1. The molecule has 0 spiro atoms. The highest BCUT2D eigenvalue weighted by Gasteiger charge is 2.30. The molecule has 1 aromatic carbocycles. The van der Waals surface area contributed by atoms with E-state index in [1.54, 1.807) is 31.2 Å². The summed E-state index contributed by atoms with van der Waals surface area (Å²) in [7, 11) is 0. The van der Waals surface area contributed by atoms with E-state index in [0.29, 0.717) is 29.4 Å². The first-order chi connectivity index (χ1) is 10.2. The lowest BCUT2D eigenvalue weighted by molar-refractivity contribution is -0.144. The smallest absolute Gasteiger partial charge is 0.323 e. The summed E-state index contributed by atoms with van der Waals surface area (Å²) in [4.78, 5) is 16.5. The first kappa shape index (κ1) is 15.5. The fourth-order valence-electron chi connectivity index (χ4n) is 1.97. The molecule has 6 heteroatoms. The Bertz CT molecular complexity index is 595. The molecule has 0 saturated heterocycles. The molecular formula is C15H17ClN2O3. The van der Waals surface area contributed by atoms with E-state index in [4.69, 9.17) is 20.9 Å². The minimum atomic E-state index is -0.722. The molecule has 2 aromatic rings. The third kappa shape index (κ3) is 3.82. The van der Waals surface area contributed by atoms with Crippen molar-refractivity contribution in [3.05, 3.63) is 46.6 Å². The van der Waals surface area contributed by atoms with Gasteiger partial charge in [0.2, 0.25) is 5.89 Å². The summed E-state index contributed by atoms with van der Waals surface area (Å²) in [5, 5.41) is 4.49. The molecule has 1 unspecified atom stereocenters. The lowest BCUT2D eigenvalue weighted by Gasteiger charge is -2.12. The quantitative estimate of drug-likeness (QED) is 0.765. The maximum atomic E-state index is 12.2. The van der Waals surface area contributed by atoms with Crippen LogP contribution in [-0.4, -0.2) is 22.7 Å². The van der Waals surface area contributed by atoms with E-state index < -0.39 is 11.9 Å². The zero-order valence-corrected chi connectivity index (χ0v) is 12.8. The van der Waals surface area contributed by atoms with Gasteiger partial charge in [0.25, 0.3) is 0 Å². The van der Waals surface area contributed by atoms with Crippen molar-refractivity contribution in [2.24, 2.45) is 0 Å². The zero-order chi connectivity index (χ0) is 15.2. The van der Waals surface area contributed by atoms with Crippen molar-refractivity contribution in [2.45, 2.75) is 32.6 Å². The highest BCUT2D eigenvalue weighted by atomic mass is 35.5. The van der Waals surface area contributed by atoms with Crippen molar-refractivity contribution in [3.8, 4) is 0 Å². The number of benzene rings is 1. The molecule has 1 atom stereocenters. The number of hydrogen-bond acceptors (Lipinski definition) is 5. The summed E-state index contributed by atoms with van der Waals surface area (Å²) < 4.78 is 10.3. The van der Waals surface area contributed by atoms with Crippen LogP contribution >= 0.6 is 11.6 Å². The second-order valence-electron chi connectivity index (χ2n) is 4.54. The maximum absolute atomic E-state index is 12.2. The Morgan fingerprint density at radius 2 is 2.05 bits per heavy atom. The predicted octanol–water partition coefficient (Wildman–Crippen LogP) is 3.37. The number of aryl methyl sites for hydroxylation is 1. The molecule has 0 bridgehead atoms. The van der Waals surface area contributed by atoms with E-state index in [1.807, 2.05) is 6.92 Å². The van der Waals surface area contributed by atoms with Crippen molar-refractivity contribution in [1.82, 2.24) is 10.1 Å². The van der Waals surface area contributed by atoms with Gasteiger partial charge in [0.1, 0.15) is 0 Å². The third-order valence-electron chi connectivity index (χ3n) is 2.93. The molecule has 0 saturated carbocycles. The molecular weight excluding hydrogens is 292 g/mol. The molecule has 0 N–H and O–H groups in total. The average Bonchev–Trinajstić information content (AvgIpc) is 2.90. The highest BCUT2D eigenvalue weighted by Crippen LogP contribution is 2.26. The molecule has 0 aliphatic heterocycles. The topological polar surface area (TPSA) is 65.2 Å². The van der Waals surface area contributed by atoms with E-state index in [-0.39, 0.29) is 5.89 Å². The molecule has 0 aliphatic carbocycles. The minimum Gasteiger partial charge on any atom is -0.465 e. The summed E-state index contributed by atoms with van der Waals surface area (Å²) in [6.07, 6.45) is 1.61. The van der Waals surface area contributed by atoms with Crippen LogP contribution < -0.4 is 0 Å². The SMILES string of the molecule is CCCc1noc(C(C(=O)OCC)c2ccc(Cl)cc2)n1. The minimum absolute atomic E-state index is 0.249. The van der Waals surface area contributed by atoms with Gasteiger partial charge in [-0.25, -0.2) is 0 Å². The van der Waals surface area contributed by atoms with E-state index in [9.17, 15) is 4.79 Å². The number of rotatable bonds is 6. The first-order valence-electron chi connectivity index (χ1n) is 6.90. The van der Waals surface area contributed by atoms with Gasteiger partial charge in [0, 0.05) is 11.4 Å². The lowest BCUT2D eigenvalue weighted by atomic mass is 9.99. The van der Waals surface area contributed by atoms with Crippen LogP contribution in [0.5, 0.6) is 0 Å². The number of halogens is 1. The van der Waals surface area contributed by atoms with Crippen molar-refractivity contribution in [2.75, 3.05) is 6.61 Å².